The van der Waals surface area contributed by atoms with Gasteiger partial charge in [-0.25, -0.2) is 0 Å². The van der Waals surface area contributed by atoms with E-state index in [2.05, 4.69) is 21.2 Å². The van der Waals surface area contributed by atoms with Crippen LogP contribution in [0, 0.1) is 5.92 Å². The summed E-state index contributed by atoms with van der Waals surface area (Å²) in [6.45, 7) is 1.96. The van der Waals surface area contributed by atoms with Crippen molar-refractivity contribution in [3.63, 3.8) is 0 Å². The van der Waals surface area contributed by atoms with Crippen molar-refractivity contribution in [3.8, 4) is 5.75 Å². The lowest BCUT2D eigenvalue weighted by atomic mass is 9.78. The van der Waals surface area contributed by atoms with E-state index in [0.717, 1.165) is 10.0 Å². The predicted octanol–water partition coefficient (Wildman–Crippen LogP) is 2.61. The molecule has 2 unspecified atom stereocenters. The molecule has 1 saturated heterocycles. The van der Waals surface area contributed by atoms with Crippen molar-refractivity contribution >= 4 is 27.7 Å². The van der Waals surface area contributed by atoms with Gasteiger partial charge in [-0.05, 0) is 30.2 Å². The Morgan fingerprint density at radius 3 is 2.79 bits per heavy atom. The van der Waals surface area contributed by atoms with Crippen LogP contribution in [0.1, 0.15) is 31.2 Å². The Bertz CT molecular complexity index is 515. The van der Waals surface area contributed by atoms with Gasteiger partial charge in [-0.3, -0.25) is 14.9 Å². The van der Waals surface area contributed by atoms with Crippen LogP contribution >= 0.6 is 15.9 Å². The van der Waals surface area contributed by atoms with Gasteiger partial charge < -0.3 is 4.74 Å². The van der Waals surface area contributed by atoms with Crippen molar-refractivity contribution in [1.29, 1.82) is 0 Å². The minimum absolute atomic E-state index is 0.126. The van der Waals surface area contributed by atoms with E-state index < -0.39 is 0 Å². The molecule has 0 bridgehead atoms. The highest BCUT2D eigenvalue weighted by atomic mass is 79.9. The molecule has 102 valence electrons. The molecule has 1 aromatic carbocycles. The molecule has 0 saturated carbocycles. The van der Waals surface area contributed by atoms with E-state index in [1.165, 1.54) is 0 Å². The van der Waals surface area contributed by atoms with Crippen molar-refractivity contribution in [2.45, 2.75) is 25.7 Å². The van der Waals surface area contributed by atoms with E-state index >= 15 is 0 Å². The number of halogens is 1. The summed E-state index contributed by atoms with van der Waals surface area (Å²) >= 11 is 3.42. The van der Waals surface area contributed by atoms with E-state index in [9.17, 15) is 9.59 Å². The standard InChI is InChI=1S/C14H16BrNO3/c1-3-9-10(7-13(17)16-14(9)18)11-6-8(15)4-5-12(11)19-2/h4-6,9-10H,3,7H2,1-2H3,(H,16,17,18). The average molecular weight is 326 g/mol. The molecule has 0 spiro atoms. The van der Waals surface area contributed by atoms with Gasteiger partial charge in [0.2, 0.25) is 11.8 Å². The second kappa shape index (κ2) is 5.74. The molecule has 1 aliphatic rings. The second-order valence-electron chi connectivity index (χ2n) is 4.62. The second-order valence-corrected chi connectivity index (χ2v) is 5.54. The maximum atomic E-state index is 11.9. The molecule has 1 aliphatic heterocycles. The third-order valence-electron chi connectivity index (χ3n) is 3.52. The summed E-state index contributed by atoms with van der Waals surface area (Å²) in [5.74, 6) is -0.0127. The molecule has 2 rings (SSSR count). The van der Waals surface area contributed by atoms with Crippen molar-refractivity contribution in [2.75, 3.05) is 7.11 Å². The van der Waals surface area contributed by atoms with Gasteiger partial charge in [0.25, 0.3) is 0 Å². The number of rotatable bonds is 3. The zero-order valence-electron chi connectivity index (χ0n) is 10.9. The molecule has 0 aromatic heterocycles. The number of nitrogens with one attached hydrogen (secondary N) is 1. The molecular formula is C14H16BrNO3. The maximum Gasteiger partial charge on any atom is 0.230 e. The largest absolute Gasteiger partial charge is 0.496 e. The maximum absolute atomic E-state index is 11.9. The Labute approximate surface area is 120 Å². The van der Waals surface area contributed by atoms with E-state index in [1.54, 1.807) is 7.11 Å². The van der Waals surface area contributed by atoms with Crippen LogP contribution in [0.2, 0.25) is 0 Å². The highest BCUT2D eigenvalue weighted by Crippen LogP contribution is 2.39. The molecule has 0 aliphatic carbocycles. The van der Waals surface area contributed by atoms with Crippen molar-refractivity contribution < 1.29 is 14.3 Å². The van der Waals surface area contributed by atoms with E-state index in [-0.39, 0.29) is 23.7 Å². The van der Waals surface area contributed by atoms with Gasteiger partial charge in [0.15, 0.2) is 0 Å². The molecule has 0 radical (unpaired) electrons. The minimum atomic E-state index is -0.221. The minimum Gasteiger partial charge on any atom is -0.496 e. The lowest BCUT2D eigenvalue weighted by Gasteiger charge is -2.30. The van der Waals surface area contributed by atoms with Crippen LogP contribution in [0.25, 0.3) is 0 Å². The quantitative estimate of drug-likeness (QED) is 0.869. The fourth-order valence-corrected chi connectivity index (χ4v) is 2.98. The molecule has 1 aromatic rings. The van der Waals surface area contributed by atoms with Gasteiger partial charge >= 0.3 is 0 Å². The first-order chi connectivity index (χ1) is 9.06. The van der Waals surface area contributed by atoms with Crippen molar-refractivity contribution in [1.82, 2.24) is 5.32 Å². The number of methoxy groups -OCH3 is 1. The topological polar surface area (TPSA) is 55.4 Å². The fourth-order valence-electron chi connectivity index (χ4n) is 2.60. The van der Waals surface area contributed by atoms with Crippen LogP contribution in [0.5, 0.6) is 5.75 Å². The zero-order valence-corrected chi connectivity index (χ0v) is 12.5. The first kappa shape index (κ1) is 14.1. The molecule has 1 N–H and O–H groups in total. The summed E-state index contributed by atoms with van der Waals surface area (Å²) in [4.78, 5) is 23.5. The van der Waals surface area contributed by atoms with E-state index in [0.29, 0.717) is 18.6 Å². The Morgan fingerprint density at radius 2 is 2.16 bits per heavy atom. The molecule has 19 heavy (non-hydrogen) atoms. The lowest BCUT2D eigenvalue weighted by Crippen LogP contribution is -2.44. The number of ether oxygens (including phenoxy) is 1. The van der Waals surface area contributed by atoms with Crippen LogP contribution in [0.15, 0.2) is 22.7 Å². The normalized spacial score (nSPS) is 23.1. The van der Waals surface area contributed by atoms with Gasteiger partial charge in [-0.15, -0.1) is 0 Å². The molecule has 1 heterocycles. The highest BCUT2D eigenvalue weighted by Gasteiger charge is 2.36. The van der Waals surface area contributed by atoms with Crippen molar-refractivity contribution in [3.05, 3.63) is 28.2 Å². The molecule has 4 nitrogen and oxygen atoms in total. The Morgan fingerprint density at radius 1 is 1.42 bits per heavy atom. The predicted molar refractivity (Wildman–Crippen MR) is 75.0 cm³/mol. The van der Waals surface area contributed by atoms with Crippen LogP contribution in [-0.4, -0.2) is 18.9 Å². The lowest BCUT2D eigenvalue weighted by molar-refractivity contribution is -0.137. The van der Waals surface area contributed by atoms with Gasteiger partial charge in [-0.1, -0.05) is 22.9 Å². The summed E-state index contributed by atoms with van der Waals surface area (Å²) in [5, 5.41) is 2.40. The monoisotopic (exact) mass is 325 g/mol. The average Bonchev–Trinajstić information content (AvgIpc) is 2.37. The molecule has 2 amide bonds. The van der Waals surface area contributed by atoms with E-state index in [1.807, 2.05) is 25.1 Å². The fraction of sp³-hybridized carbons (Fsp3) is 0.429. The molecular weight excluding hydrogens is 310 g/mol. The summed E-state index contributed by atoms with van der Waals surface area (Å²) in [6.07, 6.45) is 1.01. The van der Waals surface area contributed by atoms with Gasteiger partial charge in [-0.2, -0.15) is 0 Å². The highest BCUT2D eigenvalue weighted by molar-refractivity contribution is 9.10. The number of imide groups is 1. The third-order valence-corrected chi connectivity index (χ3v) is 4.01. The SMILES string of the molecule is CCC1C(=O)NC(=O)CC1c1cc(Br)ccc1OC. The van der Waals surface area contributed by atoms with Crippen LogP contribution in [-0.2, 0) is 9.59 Å². The number of hydrogen-bond acceptors (Lipinski definition) is 3. The number of hydrogen-bond donors (Lipinski definition) is 1. The van der Waals surface area contributed by atoms with Gasteiger partial charge in [0.05, 0.1) is 7.11 Å². The number of carbonyl (C=O) groups excluding carboxylic acids is 2. The number of carbonyl (C=O) groups is 2. The van der Waals surface area contributed by atoms with Crippen LogP contribution in [0.3, 0.4) is 0 Å². The zero-order chi connectivity index (χ0) is 14.0. The summed E-state index contributed by atoms with van der Waals surface area (Å²) < 4.78 is 6.27. The Balaban J connectivity index is 2.45. The van der Waals surface area contributed by atoms with Gasteiger partial charge in [0.1, 0.15) is 5.75 Å². The van der Waals surface area contributed by atoms with Crippen LogP contribution < -0.4 is 10.1 Å². The molecule has 1 fully saturated rings. The van der Waals surface area contributed by atoms with Crippen LogP contribution in [0.4, 0.5) is 0 Å². The molecule has 5 heteroatoms. The Kier molecular flexibility index (Phi) is 4.24. The molecule has 2 atom stereocenters. The van der Waals surface area contributed by atoms with E-state index in [4.69, 9.17) is 4.74 Å². The summed E-state index contributed by atoms with van der Waals surface area (Å²) in [7, 11) is 1.60. The smallest absolute Gasteiger partial charge is 0.230 e. The van der Waals surface area contributed by atoms with Crippen molar-refractivity contribution in [2.24, 2.45) is 5.92 Å². The number of amides is 2. The summed E-state index contributed by atoms with van der Waals surface area (Å²) in [5.41, 5.74) is 0.909. The Hall–Kier alpha value is -1.36. The third kappa shape index (κ3) is 2.81. The number of piperidine rings is 1. The summed E-state index contributed by atoms with van der Waals surface area (Å²) in [6, 6.07) is 5.66. The first-order valence-electron chi connectivity index (χ1n) is 6.24. The first-order valence-corrected chi connectivity index (χ1v) is 7.03. The van der Waals surface area contributed by atoms with Gasteiger partial charge in [0, 0.05) is 22.7 Å². The number of benzene rings is 1.